The molecule has 0 N–H and O–H groups in total. The van der Waals surface area contributed by atoms with Crippen LogP contribution in [0.1, 0.15) is 72.1 Å². The second kappa shape index (κ2) is 5.55. The van der Waals surface area contributed by atoms with Gasteiger partial charge in [0.05, 0.1) is 0 Å². The minimum atomic E-state index is 0.392. The summed E-state index contributed by atoms with van der Waals surface area (Å²) < 4.78 is 11.4. The lowest BCUT2D eigenvalue weighted by molar-refractivity contribution is 0.0526. The van der Waals surface area contributed by atoms with Crippen LogP contribution in [-0.2, 0) is 4.57 Å². The summed E-state index contributed by atoms with van der Waals surface area (Å²) in [5, 5.41) is 0. The van der Waals surface area contributed by atoms with E-state index in [-0.39, 0.29) is 0 Å². The maximum absolute atomic E-state index is 11.4. The van der Waals surface area contributed by atoms with Gasteiger partial charge in [0, 0.05) is 5.66 Å². The Morgan fingerprint density at radius 2 is 2.00 bits per heavy atom. The average Bonchev–Trinajstić information content (AvgIpc) is 2.90. The van der Waals surface area contributed by atoms with Crippen molar-refractivity contribution in [2.45, 2.75) is 77.8 Å². The minimum absolute atomic E-state index is 0.392. The van der Waals surface area contributed by atoms with Crippen molar-refractivity contribution >= 4 is 8.46 Å². The lowest BCUT2D eigenvalue weighted by Crippen LogP contribution is -2.47. The fourth-order valence-electron chi connectivity index (χ4n) is 6.93. The van der Waals surface area contributed by atoms with Gasteiger partial charge in [-0.3, -0.25) is 4.57 Å². The molecule has 0 aliphatic heterocycles. The highest BCUT2D eigenvalue weighted by molar-refractivity contribution is 7.24. The van der Waals surface area contributed by atoms with Crippen LogP contribution in [0, 0.1) is 28.6 Å². The summed E-state index contributed by atoms with van der Waals surface area (Å²) in [5.74, 6) is 2.48. The Balaban J connectivity index is 1.68. The lowest BCUT2D eigenvalue weighted by Gasteiger charge is -2.56. The third-order valence-corrected chi connectivity index (χ3v) is 9.11. The van der Waals surface area contributed by atoms with Crippen LogP contribution in [0.15, 0.2) is 23.3 Å². The molecule has 23 heavy (non-hydrogen) atoms. The Morgan fingerprint density at radius 3 is 2.74 bits per heavy atom. The molecule has 0 aromatic carbocycles. The van der Waals surface area contributed by atoms with Gasteiger partial charge in [0.2, 0.25) is 0 Å². The lowest BCUT2D eigenvalue weighted by atomic mass is 9.49. The van der Waals surface area contributed by atoms with E-state index in [1.54, 1.807) is 5.57 Å². The molecule has 4 aliphatic carbocycles. The second-order valence-electron chi connectivity index (χ2n) is 9.07. The van der Waals surface area contributed by atoms with Gasteiger partial charge >= 0.3 is 0 Å². The van der Waals surface area contributed by atoms with Crippen molar-refractivity contribution in [1.82, 2.24) is 0 Å². The zero-order chi connectivity index (χ0) is 16.2. The predicted molar refractivity (Wildman–Crippen MR) is 96.9 cm³/mol. The highest BCUT2D eigenvalue weighted by Gasteiger charge is 2.55. The first-order valence-corrected chi connectivity index (χ1v) is 10.6. The molecule has 4 aliphatic rings. The maximum atomic E-state index is 11.4. The van der Waals surface area contributed by atoms with Crippen molar-refractivity contribution in [3.05, 3.63) is 23.3 Å². The molecule has 3 saturated carbocycles. The Kier molecular flexibility index (Phi) is 3.88. The first-order valence-electron chi connectivity index (χ1n) is 9.71. The fraction of sp³-hybridized carbons (Fsp3) is 0.810. The van der Waals surface area contributed by atoms with Gasteiger partial charge in [0.15, 0.2) is 8.46 Å². The van der Waals surface area contributed by atoms with E-state index in [0.29, 0.717) is 24.9 Å². The standard InChI is InChI=1S/C21H31OP/c1-4-14-6-8-18-17-7-5-15-13-16(23-22)9-11-21(15,3)19(17)10-12-20(14,18)2/h4,10,15-18H,5-9,11-13H2,1-3H3/t15?,16-,17?,18?,20-,21+/m1/s1. The van der Waals surface area contributed by atoms with Crippen molar-refractivity contribution in [3.8, 4) is 0 Å². The molecule has 2 heteroatoms. The SMILES string of the molecule is CC=C1CCC2C3CCC4C[C@H](P=O)CC[C@]4(C)C3=CC[C@]12C. The number of rotatable bonds is 1. The van der Waals surface area contributed by atoms with Crippen molar-refractivity contribution in [3.63, 3.8) is 0 Å². The normalized spacial score (nSPS) is 51.1. The fourth-order valence-corrected chi connectivity index (χ4v) is 7.50. The largest absolute Gasteiger partial charge is 0.275 e. The zero-order valence-electron chi connectivity index (χ0n) is 15.0. The van der Waals surface area contributed by atoms with Crippen molar-refractivity contribution in [2.75, 3.05) is 0 Å². The van der Waals surface area contributed by atoms with Gasteiger partial charge in [-0.15, -0.1) is 0 Å². The third kappa shape index (κ3) is 2.18. The molecule has 0 amide bonds. The van der Waals surface area contributed by atoms with Crippen LogP contribution in [0.2, 0.25) is 0 Å². The molecule has 126 valence electrons. The number of hydrogen-bond donors (Lipinski definition) is 0. The molecule has 3 fully saturated rings. The van der Waals surface area contributed by atoms with Crippen LogP contribution in [0.3, 0.4) is 0 Å². The molecule has 4 rings (SSSR count). The maximum Gasteiger partial charge on any atom is 0.158 e. The summed E-state index contributed by atoms with van der Waals surface area (Å²) in [5.41, 5.74) is 4.81. The number of hydrogen-bond acceptors (Lipinski definition) is 1. The zero-order valence-corrected chi connectivity index (χ0v) is 15.9. The summed E-state index contributed by atoms with van der Waals surface area (Å²) in [4.78, 5) is 0. The van der Waals surface area contributed by atoms with Crippen molar-refractivity contribution < 1.29 is 4.57 Å². The number of fused-ring (bicyclic) bond motifs is 5. The van der Waals surface area contributed by atoms with E-state index in [9.17, 15) is 4.57 Å². The molecular formula is C21H31OP. The molecule has 0 bridgehead atoms. The number of allylic oxidation sites excluding steroid dienone is 4. The van der Waals surface area contributed by atoms with Crippen molar-refractivity contribution in [1.29, 1.82) is 0 Å². The molecule has 0 aromatic heterocycles. The summed E-state index contributed by atoms with van der Waals surface area (Å²) in [7, 11) is 0.392. The van der Waals surface area contributed by atoms with E-state index in [0.717, 1.165) is 24.2 Å². The summed E-state index contributed by atoms with van der Waals surface area (Å²) >= 11 is 0. The summed E-state index contributed by atoms with van der Waals surface area (Å²) in [6.45, 7) is 7.32. The van der Waals surface area contributed by atoms with Gasteiger partial charge in [-0.2, -0.15) is 0 Å². The van der Waals surface area contributed by atoms with E-state index >= 15 is 0 Å². The van der Waals surface area contributed by atoms with Crippen LogP contribution < -0.4 is 0 Å². The molecule has 0 radical (unpaired) electrons. The Labute approximate surface area is 143 Å². The summed E-state index contributed by atoms with van der Waals surface area (Å²) in [6.07, 6.45) is 15.4. The van der Waals surface area contributed by atoms with Crippen LogP contribution >= 0.6 is 8.46 Å². The highest BCUT2D eigenvalue weighted by Crippen LogP contribution is 2.65. The van der Waals surface area contributed by atoms with Gasteiger partial charge in [-0.1, -0.05) is 37.1 Å². The van der Waals surface area contributed by atoms with E-state index in [2.05, 4.69) is 32.9 Å². The van der Waals surface area contributed by atoms with Crippen LogP contribution in [0.25, 0.3) is 0 Å². The van der Waals surface area contributed by atoms with Gasteiger partial charge in [-0.25, -0.2) is 0 Å². The van der Waals surface area contributed by atoms with Gasteiger partial charge in [0.25, 0.3) is 0 Å². The van der Waals surface area contributed by atoms with E-state index in [1.807, 2.05) is 5.57 Å². The first kappa shape index (κ1) is 16.1. The highest BCUT2D eigenvalue weighted by atomic mass is 31.1. The quantitative estimate of drug-likeness (QED) is 0.393. The van der Waals surface area contributed by atoms with Gasteiger partial charge in [-0.05, 0) is 86.9 Å². The Hall–Kier alpha value is -0.420. The molecule has 6 atom stereocenters. The minimum Gasteiger partial charge on any atom is -0.275 e. The third-order valence-electron chi connectivity index (χ3n) is 8.35. The van der Waals surface area contributed by atoms with Crippen LogP contribution in [0.5, 0.6) is 0 Å². The molecule has 0 spiro atoms. The van der Waals surface area contributed by atoms with Gasteiger partial charge in [0.1, 0.15) is 0 Å². The van der Waals surface area contributed by atoms with E-state index in [4.69, 9.17) is 0 Å². The van der Waals surface area contributed by atoms with E-state index < -0.39 is 0 Å². The molecule has 0 heterocycles. The topological polar surface area (TPSA) is 17.1 Å². The molecule has 0 aromatic rings. The smallest absolute Gasteiger partial charge is 0.158 e. The van der Waals surface area contributed by atoms with Crippen molar-refractivity contribution in [2.24, 2.45) is 28.6 Å². The molecular weight excluding hydrogens is 299 g/mol. The average molecular weight is 330 g/mol. The molecule has 0 saturated heterocycles. The monoisotopic (exact) mass is 330 g/mol. The Bertz CT molecular complexity index is 576. The van der Waals surface area contributed by atoms with Gasteiger partial charge < -0.3 is 0 Å². The summed E-state index contributed by atoms with van der Waals surface area (Å²) in [6, 6.07) is 0. The second-order valence-corrected chi connectivity index (χ2v) is 10.0. The molecule has 3 unspecified atom stereocenters. The first-order chi connectivity index (χ1) is 11.0. The predicted octanol–water partition coefficient (Wildman–Crippen LogP) is 6.56. The van der Waals surface area contributed by atoms with Crippen LogP contribution in [-0.4, -0.2) is 5.66 Å². The van der Waals surface area contributed by atoms with E-state index in [1.165, 1.54) is 44.9 Å². The van der Waals surface area contributed by atoms with Crippen LogP contribution in [0.4, 0.5) is 0 Å². The Morgan fingerprint density at radius 1 is 1.17 bits per heavy atom. The molecule has 1 nitrogen and oxygen atoms in total.